The number of nitrogens with zero attached hydrogens (tertiary/aromatic N) is 2. The zero-order valence-electron chi connectivity index (χ0n) is 13.3. The summed E-state index contributed by atoms with van der Waals surface area (Å²) < 4.78 is 5.55. The zero-order chi connectivity index (χ0) is 16.6. The number of para-hydroxylation sites is 1. The number of aromatic amines is 1. The molecule has 3 rings (SSSR count). The van der Waals surface area contributed by atoms with Crippen molar-refractivity contribution in [3.8, 4) is 17.0 Å². The van der Waals surface area contributed by atoms with Crippen molar-refractivity contribution in [3.05, 3.63) is 66.1 Å². The number of benzene rings is 1. The van der Waals surface area contributed by atoms with Crippen LogP contribution in [0.25, 0.3) is 11.3 Å². The van der Waals surface area contributed by atoms with Crippen LogP contribution in [0.5, 0.6) is 5.75 Å². The number of aliphatic hydroxyl groups is 1. The molecule has 0 aliphatic carbocycles. The molecule has 0 bridgehead atoms. The highest BCUT2D eigenvalue weighted by molar-refractivity contribution is 5.61. The Balaban J connectivity index is 1.63. The summed E-state index contributed by atoms with van der Waals surface area (Å²) in [5, 5.41) is 19.5. The second-order valence-electron chi connectivity index (χ2n) is 5.30. The van der Waals surface area contributed by atoms with Crippen LogP contribution in [-0.4, -0.2) is 33.5 Å². The number of hydrogen-bond donors (Lipinski definition) is 3. The van der Waals surface area contributed by atoms with Crippen molar-refractivity contribution >= 4 is 0 Å². The minimum Gasteiger partial charge on any atom is -0.491 e. The molecule has 0 saturated heterocycles. The molecule has 0 saturated carbocycles. The monoisotopic (exact) mass is 324 g/mol. The molecule has 0 spiro atoms. The van der Waals surface area contributed by atoms with Crippen LogP contribution in [0, 0.1) is 0 Å². The predicted molar refractivity (Wildman–Crippen MR) is 91.4 cm³/mol. The first-order chi connectivity index (χ1) is 11.9. The maximum absolute atomic E-state index is 8.90. The molecule has 2 aromatic heterocycles. The number of rotatable bonds is 8. The molecule has 1 aromatic carbocycles. The van der Waals surface area contributed by atoms with E-state index in [1.807, 2.05) is 48.8 Å². The van der Waals surface area contributed by atoms with Crippen molar-refractivity contribution in [3.63, 3.8) is 0 Å². The topological polar surface area (TPSA) is 83.1 Å². The highest BCUT2D eigenvalue weighted by Gasteiger charge is 2.08. The molecule has 0 aliphatic heterocycles. The van der Waals surface area contributed by atoms with Gasteiger partial charge in [-0.3, -0.25) is 10.1 Å². The lowest BCUT2D eigenvalue weighted by molar-refractivity contribution is 0.200. The van der Waals surface area contributed by atoms with E-state index < -0.39 is 0 Å². The Kier molecular flexibility index (Phi) is 5.55. The van der Waals surface area contributed by atoms with E-state index >= 15 is 0 Å². The van der Waals surface area contributed by atoms with E-state index in [4.69, 9.17) is 9.84 Å². The summed E-state index contributed by atoms with van der Waals surface area (Å²) in [4.78, 5) is 4.14. The van der Waals surface area contributed by atoms with Gasteiger partial charge in [0.15, 0.2) is 0 Å². The Hall–Kier alpha value is -2.70. The van der Waals surface area contributed by atoms with Gasteiger partial charge in [0.05, 0.1) is 18.5 Å². The van der Waals surface area contributed by atoms with Crippen molar-refractivity contribution in [1.82, 2.24) is 20.5 Å². The Morgan fingerprint density at radius 2 is 1.92 bits per heavy atom. The van der Waals surface area contributed by atoms with Gasteiger partial charge in [-0.15, -0.1) is 0 Å². The first-order valence-electron chi connectivity index (χ1n) is 7.83. The van der Waals surface area contributed by atoms with E-state index in [1.165, 1.54) is 0 Å². The lowest BCUT2D eigenvalue weighted by Crippen LogP contribution is -2.14. The summed E-state index contributed by atoms with van der Waals surface area (Å²) in [6.45, 7) is 1.64. The summed E-state index contributed by atoms with van der Waals surface area (Å²) in [6.07, 6.45) is 5.39. The fourth-order valence-electron chi connectivity index (χ4n) is 2.48. The minimum atomic E-state index is 0.00521. The third kappa shape index (κ3) is 3.98. The van der Waals surface area contributed by atoms with Crippen LogP contribution in [0.1, 0.15) is 11.1 Å². The molecular formula is C18H20N4O2. The van der Waals surface area contributed by atoms with Gasteiger partial charge in [0.25, 0.3) is 0 Å². The van der Waals surface area contributed by atoms with Crippen molar-refractivity contribution in [1.29, 1.82) is 0 Å². The third-order valence-corrected chi connectivity index (χ3v) is 3.62. The molecule has 6 nitrogen and oxygen atoms in total. The highest BCUT2D eigenvalue weighted by atomic mass is 16.5. The van der Waals surface area contributed by atoms with Crippen LogP contribution in [-0.2, 0) is 13.1 Å². The average Bonchev–Trinajstić information content (AvgIpc) is 3.10. The van der Waals surface area contributed by atoms with Crippen molar-refractivity contribution in [2.75, 3.05) is 13.2 Å². The van der Waals surface area contributed by atoms with Crippen LogP contribution in [0.4, 0.5) is 0 Å². The second kappa shape index (κ2) is 8.24. The Labute approximate surface area is 140 Å². The molecule has 2 heterocycles. The first-order valence-corrected chi connectivity index (χ1v) is 7.83. The maximum Gasteiger partial charge on any atom is 0.123 e. The highest BCUT2D eigenvalue weighted by Crippen LogP contribution is 2.21. The Morgan fingerprint density at radius 1 is 1.04 bits per heavy atom. The van der Waals surface area contributed by atoms with Crippen LogP contribution in [0.2, 0.25) is 0 Å². The zero-order valence-corrected chi connectivity index (χ0v) is 13.3. The summed E-state index contributed by atoms with van der Waals surface area (Å²) in [6, 6.07) is 11.7. The number of pyridine rings is 1. The summed E-state index contributed by atoms with van der Waals surface area (Å²) in [5.74, 6) is 0.790. The van der Waals surface area contributed by atoms with E-state index in [2.05, 4.69) is 20.5 Å². The fraction of sp³-hybridized carbons (Fsp3) is 0.222. The van der Waals surface area contributed by atoms with Crippen molar-refractivity contribution < 1.29 is 9.84 Å². The van der Waals surface area contributed by atoms with E-state index in [1.54, 1.807) is 6.20 Å². The molecule has 24 heavy (non-hydrogen) atoms. The number of aromatic nitrogens is 3. The summed E-state index contributed by atoms with van der Waals surface area (Å²) >= 11 is 0. The van der Waals surface area contributed by atoms with Gasteiger partial charge in [0, 0.05) is 42.2 Å². The number of aliphatic hydroxyl groups excluding tert-OH is 1. The van der Waals surface area contributed by atoms with Gasteiger partial charge >= 0.3 is 0 Å². The van der Waals surface area contributed by atoms with Gasteiger partial charge < -0.3 is 15.2 Å². The van der Waals surface area contributed by atoms with Crippen LogP contribution in [0.3, 0.4) is 0 Å². The Bertz CT molecular complexity index is 758. The average molecular weight is 324 g/mol. The fourth-order valence-corrected chi connectivity index (χ4v) is 2.48. The maximum atomic E-state index is 8.90. The number of nitrogens with one attached hydrogen (secondary N) is 2. The Morgan fingerprint density at radius 3 is 2.75 bits per heavy atom. The predicted octanol–water partition coefficient (Wildman–Crippen LogP) is 2.13. The van der Waals surface area contributed by atoms with Gasteiger partial charge in [-0.2, -0.15) is 5.10 Å². The molecule has 0 atom stereocenters. The standard InChI is InChI=1S/C18H20N4O2/c23-8-9-24-17-6-2-1-4-14(17)10-20-12-16-13-21-22-18(16)15-5-3-7-19-11-15/h1-7,11,13,20,23H,8-10,12H2,(H,21,22). The van der Waals surface area contributed by atoms with E-state index in [9.17, 15) is 0 Å². The van der Waals surface area contributed by atoms with Gasteiger partial charge in [-0.1, -0.05) is 18.2 Å². The van der Waals surface area contributed by atoms with E-state index in [0.29, 0.717) is 19.7 Å². The number of H-pyrrole nitrogens is 1. The van der Waals surface area contributed by atoms with Gasteiger partial charge in [0.1, 0.15) is 12.4 Å². The normalized spacial score (nSPS) is 10.7. The largest absolute Gasteiger partial charge is 0.491 e. The number of ether oxygens (including phenoxy) is 1. The molecular weight excluding hydrogens is 304 g/mol. The van der Waals surface area contributed by atoms with Crippen molar-refractivity contribution in [2.45, 2.75) is 13.1 Å². The van der Waals surface area contributed by atoms with Gasteiger partial charge in [-0.05, 0) is 18.2 Å². The summed E-state index contributed by atoms with van der Waals surface area (Å²) in [7, 11) is 0. The van der Waals surface area contributed by atoms with Crippen molar-refractivity contribution in [2.24, 2.45) is 0 Å². The van der Waals surface area contributed by atoms with E-state index in [-0.39, 0.29) is 6.61 Å². The van der Waals surface area contributed by atoms with Gasteiger partial charge in [0.2, 0.25) is 0 Å². The summed E-state index contributed by atoms with van der Waals surface area (Å²) in [5.41, 5.74) is 4.12. The molecule has 3 aromatic rings. The van der Waals surface area contributed by atoms with Crippen LogP contribution < -0.4 is 10.1 Å². The smallest absolute Gasteiger partial charge is 0.123 e. The van der Waals surface area contributed by atoms with Crippen LogP contribution >= 0.6 is 0 Å². The molecule has 124 valence electrons. The molecule has 6 heteroatoms. The number of hydrogen-bond acceptors (Lipinski definition) is 5. The third-order valence-electron chi connectivity index (χ3n) is 3.62. The molecule has 0 aliphatic rings. The molecule has 0 radical (unpaired) electrons. The molecule has 0 fully saturated rings. The molecule has 0 amide bonds. The lowest BCUT2D eigenvalue weighted by Gasteiger charge is -2.11. The van der Waals surface area contributed by atoms with Crippen LogP contribution in [0.15, 0.2) is 55.0 Å². The quantitative estimate of drug-likeness (QED) is 0.591. The van der Waals surface area contributed by atoms with E-state index in [0.717, 1.165) is 28.1 Å². The molecule has 0 unspecified atom stereocenters. The molecule has 3 N–H and O–H groups in total. The minimum absolute atomic E-state index is 0.00521. The SMILES string of the molecule is OCCOc1ccccc1CNCc1cn[nH]c1-c1cccnc1. The first kappa shape index (κ1) is 16.2. The second-order valence-corrected chi connectivity index (χ2v) is 5.30. The van der Waals surface area contributed by atoms with Gasteiger partial charge in [-0.25, -0.2) is 0 Å². The lowest BCUT2D eigenvalue weighted by atomic mass is 10.1.